The van der Waals surface area contributed by atoms with Gasteiger partial charge in [-0.25, -0.2) is 0 Å². The van der Waals surface area contributed by atoms with Crippen LogP contribution in [0.15, 0.2) is 0 Å². The van der Waals surface area contributed by atoms with E-state index in [1.54, 1.807) is 0 Å². The minimum Gasteiger partial charge on any atom is -0.345 e. The summed E-state index contributed by atoms with van der Waals surface area (Å²) in [6.45, 7) is 1.90. The molecule has 0 atom stereocenters. The summed E-state index contributed by atoms with van der Waals surface area (Å²) in [5.74, 6) is 4.17. The van der Waals surface area contributed by atoms with E-state index in [2.05, 4.69) is 5.32 Å². The first kappa shape index (κ1) is 13.4. The quantitative estimate of drug-likeness (QED) is 0.772. The van der Waals surface area contributed by atoms with E-state index in [-0.39, 0.29) is 0 Å². The van der Waals surface area contributed by atoms with Crippen molar-refractivity contribution in [3.8, 4) is 0 Å². The molecule has 108 valence electrons. The second-order valence-corrected chi connectivity index (χ2v) is 7.17. The molecule has 1 amide bonds. The molecular weight excluding hydrogens is 236 g/mol. The van der Waals surface area contributed by atoms with Crippen LogP contribution in [0.4, 0.5) is 0 Å². The predicted molar refractivity (Wildman–Crippen MR) is 76.7 cm³/mol. The van der Waals surface area contributed by atoms with Crippen LogP contribution in [0.3, 0.4) is 0 Å². The Balaban J connectivity index is 1.60. The van der Waals surface area contributed by atoms with Crippen LogP contribution < -0.4 is 5.32 Å². The molecule has 0 spiro atoms. The molecule has 4 aliphatic carbocycles. The molecule has 3 heteroatoms. The van der Waals surface area contributed by atoms with Crippen molar-refractivity contribution in [2.45, 2.75) is 38.5 Å². The number of carbonyl (C=O) groups excluding carboxylic acids is 1. The smallest absolute Gasteiger partial charge is 0.225 e. The lowest BCUT2D eigenvalue weighted by molar-refractivity contribution is -0.147. The molecule has 0 radical (unpaired) electrons. The molecule has 0 aliphatic heterocycles. The van der Waals surface area contributed by atoms with Gasteiger partial charge in [-0.15, -0.1) is 0 Å². The SMILES string of the molecule is CNCCCN(C)C(=O)C1C2CC3CC(C2)CC1C3. The zero-order valence-corrected chi connectivity index (χ0v) is 12.4. The highest BCUT2D eigenvalue weighted by atomic mass is 16.2. The number of amides is 1. The molecule has 4 fully saturated rings. The molecule has 1 N–H and O–H groups in total. The number of nitrogens with zero attached hydrogens (tertiary/aromatic N) is 1. The highest BCUT2D eigenvalue weighted by Gasteiger charge is 2.51. The molecule has 4 aliphatic rings. The lowest BCUT2D eigenvalue weighted by atomic mass is 9.51. The minimum atomic E-state index is 0.368. The van der Waals surface area contributed by atoms with E-state index in [0.29, 0.717) is 11.8 Å². The van der Waals surface area contributed by atoms with Crippen molar-refractivity contribution >= 4 is 5.91 Å². The first-order valence-corrected chi connectivity index (χ1v) is 8.08. The van der Waals surface area contributed by atoms with Gasteiger partial charge in [0.15, 0.2) is 0 Å². The Morgan fingerprint density at radius 2 is 1.68 bits per heavy atom. The Morgan fingerprint density at radius 3 is 2.21 bits per heavy atom. The maximum absolute atomic E-state index is 12.7. The molecule has 3 nitrogen and oxygen atoms in total. The van der Waals surface area contributed by atoms with Crippen molar-refractivity contribution in [1.82, 2.24) is 10.2 Å². The number of nitrogens with one attached hydrogen (secondary N) is 1. The monoisotopic (exact) mass is 264 g/mol. The topological polar surface area (TPSA) is 32.3 Å². The Hall–Kier alpha value is -0.570. The molecule has 0 aromatic carbocycles. The van der Waals surface area contributed by atoms with Gasteiger partial charge in [-0.3, -0.25) is 4.79 Å². The van der Waals surface area contributed by atoms with Gasteiger partial charge in [0, 0.05) is 19.5 Å². The fourth-order valence-electron chi connectivity index (χ4n) is 5.19. The van der Waals surface area contributed by atoms with Crippen molar-refractivity contribution in [2.75, 3.05) is 27.2 Å². The Kier molecular flexibility index (Phi) is 3.84. The Labute approximate surface area is 117 Å². The van der Waals surface area contributed by atoms with Gasteiger partial charge in [-0.05, 0) is 75.8 Å². The molecule has 4 rings (SSSR count). The van der Waals surface area contributed by atoms with Gasteiger partial charge in [-0.2, -0.15) is 0 Å². The van der Waals surface area contributed by atoms with Crippen LogP contribution in [-0.4, -0.2) is 38.0 Å². The highest BCUT2D eigenvalue weighted by molar-refractivity contribution is 5.79. The third kappa shape index (κ3) is 2.54. The summed E-state index contributed by atoms with van der Waals surface area (Å²) in [5.41, 5.74) is 0. The molecule has 0 unspecified atom stereocenters. The number of rotatable bonds is 5. The van der Waals surface area contributed by atoms with E-state index in [4.69, 9.17) is 0 Å². The summed E-state index contributed by atoms with van der Waals surface area (Å²) in [6, 6.07) is 0. The predicted octanol–water partition coefficient (Wildman–Crippen LogP) is 2.13. The number of hydrogen-bond donors (Lipinski definition) is 1. The molecule has 0 heterocycles. The largest absolute Gasteiger partial charge is 0.345 e. The Bertz CT molecular complexity index is 314. The fourth-order valence-corrected chi connectivity index (χ4v) is 5.19. The van der Waals surface area contributed by atoms with Gasteiger partial charge >= 0.3 is 0 Å². The van der Waals surface area contributed by atoms with Crippen LogP contribution in [0.1, 0.15) is 38.5 Å². The van der Waals surface area contributed by atoms with Gasteiger partial charge < -0.3 is 10.2 Å². The number of carbonyl (C=O) groups is 1. The lowest BCUT2D eigenvalue weighted by Crippen LogP contribution is -2.51. The lowest BCUT2D eigenvalue weighted by Gasteiger charge is -2.54. The highest BCUT2D eigenvalue weighted by Crippen LogP contribution is 2.56. The molecule has 0 saturated heterocycles. The molecule has 19 heavy (non-hydrogen) atoms. The van der Waals surface area contributed by atoms with Gasteiger partial charge in [-0.1, -0.05) is 0 Å². The van der Waals surface area contributed by atoms with E-state index in [0.717, 1.165) is 43.2 Å². The van der Waals surface area contributed by atoms with Crippen LogP contribution in [0.2, 0.25) is 0 Å². The summed E-state index contributed by atoms with van der Waals surface area (Å²) in [5, 5.41) is 3.16. The molecule has 0 aromatic rings. The van der Waals surface area contributed by atoms with Gasteiger partial charge in [0.1, 0.15) is 0 Å². The average molecular weight is 264 g/mol. The minimum absolute atomic E-state index is 0.368. The van der Waals surface area contributed by atoms with Crippen molar-refractivity contribution in [1.29, 1.82) is 0 Å². The second-order valence-electron chi connectivity index (χ2n) is 7.17. The van der Waals surface area contributed by atoms with Gasteiger partial charge in [0.25, 0.3) is 0 Å². The fraction of sp³-hybridized carbons (Fsp3) is 0.938. The van der Waals surface area contributed by atoms with E-state index < -0.39 is 0 Å². The zero-order chi connectivity index (χ0) is 13.4. The standard InChI is InChI=1S/C16H28N2O/c1-17-4-3-5-18(2)16(19)15-13-7-11-6-12(9-13)10-14(15)8-11/h11-15,17H,3-10H2,1-2H3. The zero-order valence-electron chi connectivity index (χ0n) is 12.4. The van der Waals surface area contributed by atoms with Crippen molar-refractivity contribution < 1.29 is 4.79 Å². The van der Waals surface area contributed by atoms with Gasteiger partial charge in [0.2, 0.25) is 5.91 Å². The van der Waals surface area contributed by atoms with E-state index >= 15 is 0 Å². The van der Waals surface area contributed by atoms with Gasteiger partial charge in [0.05, 0.1) is 0 Å². The van der Waals surface area contributed by atoms with Crippen LogP contribution in [0.5, 0.6) is 0 Å². The summed E-state index contributed by atoms with van der Waals surface area (Å²) in [4.78, 5) is 14.7. The third-order valence-corrected chi connectivity index (χ3v) is 5.81. The van der Waals surface area contributed by atoms with E-state index in [9.17, 15) is 4.79 Å². The van der Waals surface area contributed by atoms with Crippen LogP contribution >= 0.6 is 0 Å². The first-order valence-electron chi connectivity index (χ1n) is 8.08. The molecule has 0 aromatic heterocycles. The maximum atomic E-state index is 12.7. The first-order chi connectivity index (χ1) is 9.19. The van der Waals surface area contributed by atoms with Crippen LogP contribution in [-0.2, 0) is 4.79 Å². The van der Waals surface area contributed by atoms with Crippen molar-refractivity contribution in [3.05, 3.63) is 0 Å². The molecule has 4 saturated carbocycles. The average Bonchev–Trinajstić information content (AvgIpc) is 2.37. The normalized spacial score (nSPS) is 39.6. The van der Waals surface area contributed by atoms with Crippen LogP contribution in [0.25, 0.3) is 0 Å². The molecular formula is C16H28N2O. The van der Waals surface area contributed by atoms with Crippen molar-refractivity contribution in [3.63, 3.8) is 0 Å². The van der Waals surface area contributed by atoms with E-state index in [1.807, 2.05) is 19.0 Å². The van der Waals surface area contributed by atoms with Crippen LogP contribution in [0, 0.1) is 29.6 Å². The van der Waals surface area contributed by atoms with Crippen molar-refractivity contribution in [2.24, 2.45) is 29.6 Å². The summed E-state index contributed by atoms with van der Waals surface area (Å²) in [7, 11) is 3.97. The summed E-state index contributed by atoms with van der Waals surface area (Å²) < 4.78 is 0. The Morgan fingerprint density at radius 1 is 1.11 bits per heavy atom. The molecule has 4 bridgehead atoms. The third-order valence-electron chi connectivity index (χ3n) is 5.81. The summed E-state index contributed by atoms with van der Waals surface area (Å²) >= 11 is 0. The van der Waals surface area contributed by atoms with E-state index in [1.165, 1.54) is 32.1 Å². The number of hydrogen-bond acceptors (Lipinski definition) is 2. The summed E-state index contributed by atoms with van der Waals surface area (Å²) in [6.07, 6.45) is 7.89. The second kappa shape index (κ2) is 5.43. The maximum Gasteiger partial charge on any atom is 0.225 e.